The summed E-state index contributed by atoms with van der Waals surface area (Å²) in [6, 6.07) is -0.431. The molecule has 1 aliphatic rings. The maximum absolute atomic E-state index is 11.9. The molecule has 110 valence electrons. The molecule has 0 bridgehead atoms. The van der Waals surface area contributed by atoms with Gasteiger partial charge in [-0.15, -0.1) is 0 Å². The Morgan fingerprint density at radius 2 is 2.16 bits per heavy atom. The van der Waals surface area contributed by atoms with Gasteiger partial charge < -0.3 is 25.5 Å². The van der Waals surface area contributed by atoms with Crippen LogP contribution in [-0.4, -0.2) is 63.1 Å². The second kappa shape index (κ2) is 6.21. The topological polar surface area (TPSA) is 110 Å². The van der Waals surface area contributed by atoms with Crippen LogP contribution in [0.15, 0.2) is 0 Å². The zero-order chi connectivity index (χ0) is 14.6. The number of nitrogens with zero attached hydrogens (tertiary/aromatic N) is 1. The molecule has 0 aromatic rings. The van der Waals surface area contributed by atoms with Gasteiger partial charge in [0.05, 0.1) is 12.6 Å². The summed E-state index contributed by atoms with van der Waals surface area (Å²) in [6.07, 6.45) is 1.71. The monoisotopic (exact) mass is 274 g/mol. The van der Waals surface area contributed by atoms with E-state index in [0.29, 0.717) is 13.0 Å². The lowest BCUT2D eigenvalue weighted by Crippen LogP contribution is -2.51. The van der Waals surface area contributed by atoms with Crippen molar-refractivity contribution in [1.29, 1.82) is 0 Å². The van der Waals surface area contributed by atoms with E-state index in [1.165, 1.54) is 0 Å². The van der Waals surface area contributed by atoms with E-state index in [1.807, 2.05) is 0 Å². The molecule has 1 heterocycles. The van der Waals surface area contributed by atoms with Gasteiger partial charge in [0.15, 0.2) is 5.60 Å². The minimum atomic E-state index is -1.98. The number of likely N-dealkylation sites (tertiary alicyclic amines) is 1. The van der Waals surface area contributed by atoms with E-state index >= 15 is 0 Å². The van der Waals surface area contributed by atoms with Gasteiger partial charge in [0, 0.05) is 12.6 Å². The third-order valence-electron chi connectivity index (χ3n) is 3.30. The molecule has 0 aromatic heterocycles. The Hall–Kier alpha value is -1.34. The van der Waals surface area contributed by atoms with E-state index in [-0.39, 0.29) is 12.6 Å². The number of aliphatic hydroxyl groups is 2. The van der Waals surface area contributed by atoms with Crippen LogP contribution in [0.5, 0.6) is 0 Å². The minimum Gasteiger partial charge on any atom is -0.479 e. The van der Waals surface area contributed by atoms with E-state index in [0.717, 1.165) is 19.8 Å². The SMILES string of the molecule is CC(O)CC1CCCN1C(=O)NCC(C)(O)C(=O)O. The number of rotatable bonds is 5. The quantitative estimate of drug-likeness (QED) is 0.553. The van der Waals surface area contributed by atoms with Crippen molar-refractivity contribution in [2.75, 3.05) is 13.1 Å². The van der Waals surface area contributed by atoms with Crippen LogP contribution in [-0.2, 0) is 4.79 Å². The highest BCUT2D eigenvalue weighted by atomic mass is 16.4. The van der Waals surface area contributed by atoms with Gasteiger partial charge in [-0.2, -0.15) is 0 Å². The van der Waals surface area contributed by atoms with Gasteiger partial charge in [-0.3, -0.25) is 0 Å². The number of carboxylic acids is 1. The van der Waals surface area contributed by atoms with Gasteiger partial charge in [0.1, 0.15) is 0 Å². The molecule has 7 heteroatoms. The third-order valence-corrected chi connectivity index (χ3v) is 3.30. The predicted molar refractivity (Wildman–Crippen MR) is 67.7 cm³/mol. The molecular weight excluding hydrogens is 252 g/mol. The third kappa shape index (κ3) is 4.36. The fourth-order valence-electron chi connectivity index (χ4n) is 2.17. The zero-order valence-corrected chi connectivity index (χ0v) is 11.3. The molecule has 1 aliphatic heterocycles. The van der Waals surface area contributed by atoms with Crippen molar-refractivity contribution in [3.05, 3.63) is 0 Å². The lowest BCUT2D eigenvalue weighted by atomic mass is 10.1. The van der Waals surface area contributed by atoms with Crippen LogP contribution in [0.25, 0.3) is 0 Å². The highest BCUT2D eigenvalue weighted by molar-refractivity contribution is 5.79. The Morgan fingerprint density at radius 1 is 1.53 bits per heavy atom. The predicted octanol–water partition coefficient (Wildman–Crippen LogP) is -0.233. The standard InChI is InChI=1S/C12H22N2O5/c1-8(15)6-9-4-3-5-14(9)11(18)13-7-12(2,19)10(16)17/h8-9,15,19H,3-7H2,1-2H3,(H,13,18)(H,16,17). The Balaban J connectivity index is 2.51. The molecular formula is C12H22N2O5. The molecule has 0 aliphatic carbocycles. The number of carboxylic acid groups (broad SMARTS) is 1. The molecule has 2 amide bonds. The Labute approximate surface area is 112 Å². The van der Waals surface area contributed by atoms with Crippen molar-refractivity contribution in [1.82, 2.24) is 10.2 Å². The molecule has 7 nitrogen and oxygen atoms in total. The Bertz CT molecular complexity index is 343. The molecule has 3 unspecified atom stereocenters. The highest BCUT2D eigenvalue weighted by Gasteiger charge is 2.33. The molecule has 1 rings (SSSR count). The van der Waals surface area contributed by atoms with Gasteiger partial charge in [-0.05, 0) is 33.1 Å². The highest BCUT2D eigenvalue weighted by Crippen LogP contribution is 2.21. The Kier molecular flexibility index (Phi) is 5.13. The fourth-order valence-corrected chi connectivity index (χ4v) is 2.17. The summed E-state index contributed by atoms with van der Waals surface area (Å²) in [5.74, 6) is -1.38. The number of carbonyl (C=O) groups is 2. The zero-order valence-electron chi connectivity index (χ0n) is 11.3. The van der Waals surface area contributed by atoms with Gasteiger partial charge >= 0.3 is 12.0 Å². The number of hydrogen-bond acceptors (Lipinski definition) is 4. The summed E-state index contributed by atoms with van der Waals surface area (Å²) in [6.45, 7) is 3.04. The van der Waals surface area contributed by atoms with Gasteiger partial charge in [-0.1, -0.05) is 0 Å². The summed E-state index contributed by atoms with van der Waals surface area (Å²) < 4.78 is 0. The normalized spacial score (nSPS) is 23.8. The van der Waals surface area contributed by atoms with E-state index in [9.17, 15) is 19.8 Å². The number of hydrogen-bond donors (Lipinski definition) is 4. The molecule has 0 saturated carbocycles. The maximum atomic E-state index is 11.9. The number of urea groups is 1. The van der Waals surface area contributed by atoms with Crippen molar-refractivity contribution in [2.45, 2.75) is 50.9 Å². The summed E-state index contributed by atoms with van der Waals surface area (Å²) in [4.78, 5) is 24.2. The largest absolute Gasteiger partial charge is 0.479 e. The van der Waals surface area contributed by atoms with E-state index in [4.69, 9.17) is 5.11 Å². The first-order valence-electron chi connectivity index (χ1n) is 6.42. The first kappa shape index (κ1) is 15.7. The number of nitrogens with one attached hydrogen (secondary N) is 1. The van der Waals surface area contributed by atoms with Crippen molar-refractivity contribution in [2.24, 2.45) is 0 Å². The summed E-state index contributed by atoms with van der Waals surface area (Å²) in [5, 5.41) is 30.1. The smallest absolute Gasteiger partial charge is 0.337 e. The van der Waals surface area contributed by atoms with Gasteiger partial charge in [-0.25, -0.2) is 9.59 Å². The number of amides is 2. The average molecular weight is 274 g/mol. The second-order valence-electron chi connectivity index (χ2n) is 5.31. The van der Waals surface area contributed by atoms with Crippen molar-refractivity contribution < 1.29 is 24.9 Å². The second-order valence-corrected chi connectivity index (χ2v) is 5.31. The van der Waals surface area contributed by atoms with Crippen LogP contribution in [0.1, 0.15) is 33.1 Å². The van der Waals surface area contributed by atoms with Crippen LogP contribution in [0, 0.1) is 0 Å². The van der Waals surface area contributed by atoms with E-state index in [1.54, 1.807) is 11.8 Å². The lowest BCUT2D eigenvalue weighted by Gasteiger charge is -2.27. The summed E-state index contributed by atoms with van der Waals surface area (Å²) in [7, 11) is 0. The molecule has 1 saturated heterocycles. The maximum Gasteiger partial charge on any atom is 0.337 e. The van der Waals surface area contributed by atoms with Gasteiger partial charge in [0.25, 0.3) is 0 Å². The average Bonchev–Trinajstić information content (AvgIpc) is 2.73. The first-order valence-corrected chi connectivity index (χ1v) is 6.42. The number of aliphatic hydroxyl groups excluding tert-OH is 1. The molecule has 1 fully saturated rings. The van der Waals surface area contributed by atoms with Crippen molar-refractivity contribution in [3.8, 4) is 0 Å². The van der Waals surface area contributed by atoms with Crippen molar-refractivity contribution in [3.63, 3.8) is 0 Å². The minimum absolute atomic E-state index is 0.0326. The molecule has 4 N–H and O–H groups in total. The van der Waals surface area contributed by atoms with Crippen LogP contribution < -0.4 is 5.32 Å². The molecule has 3 atom stereocenters. The molecule has 0 spiro atoms. The molecule has 19 heavy (non-hydrogen) atoms. The van der Waals surface area contributed by atoms with Crippen molar-refractivity contribution >= 4 is 12.0 Å². The van der Waals surface area contributed by atoms with Crippen LogP contribution in [0.3, 0.4) is 0 Å². The lowest BCUT2D eigenvalue weighted by molar-refractivity contribution is -0.155. The van der Waals surface area contributed by atoms with Crippen LogP contribution in [0.2, 0.25) is 0 Å². The Morgan fingerprint density at radius 3 is 2.68 bits per heavy atom. The van der Waals surface area contributed by atoms with Crippen LogP contribution >= 0.6 is 0 Å². The molecule has 0 radical (unpaired) electrons. The molecule has 0 aromatic carbocycles. The van der Waals surface area contributed by atoms with E-state index < -0.39 is 23.7 Å². The van der Waals surface area contributed by atoms with Crippen LogP contribution in [0.4, 0.5) is 4.79 Å². The number of carbonyl (C=O) groups excluding carboxylic acids is 1. The first-order chi connectivity index (χ1) is 8.74. The summed E-state index contributed by atoms with van der Waals surface area (Å²) in [5.41, 5.74) is -1.98. The summed E-state index contributed by atoms with van der Waals surface area (Å²) >= 11 is 0. The van der Waals surface area contributed by atoms with E-state index in [2.05, 4.69) is 5.32 Å². The number of aliphatic carboxylic acids is 1. The fraction of sp³-hybridized carbons (Fsp3) is 0.833. The van der Waals surface area contributed by atoms with Gasteiger partial charge in [0.2, 0.25) is 0 Å².